The van der Waals surface area contributed by atoms with Crippen molar-refractivity contribution < 1.29 is 14.3 Å². The number of carboxylic acid groups (broad SMARTS) is 1. The number of carboxylic acids is 1. The van der Waals surface area contributed by atoms with Gasteiger partial charge in [-0.3, -0.25) is 0 Å². The zero-order valence-electron chi connectivity index (χ0n) is 10.1. The second-order valence-corrected chi connectivity index (χ2v) is 3.89. The number of hydrogen-bond donors (Lipinski definition) is 1. The molecular weight excluding hydrogens is 260 g/mol. The van der Waals surface area contributed by atoms with Crippen LogP contribution in [-0.2, 0) is 0 Å². The van der Waals surface area contributed by atoms with E-state index in [-0.39, 0.29) is 17.3 Å². The second-order valence-electron chi connectivity index (χ2n) is 3.89. The van der Waals surface area contributed by atoms with E-state index in [2.05, 4.69) is 20.2 Å². The molecule has 0 amide bonds. The lowest BCUT2D eigenvalue weighted by Crippen LogP contribution is -1.98. The first-order valence-electron chi connectivity index (χ1n) is 5.67. The van der Waals surface area contributed by atoms with Crippen LogP contribution in [0, 0.1) is 0 Å². The minimum Gasteiger partial charge on any atom is -0.478 e. The molecule has 0 saturated heterocycles. The lowest BCUT2D eigenvalue weighted by molar-refractivity contribution is 0.0697. The van der Waals surface area contributed by atoms with E-state index in [1.54, 1.807) is 18.2 Å². The van der Waals surface area contributed by atoms with Crippen molar-refractivity contribution in [3.63, 3.8) is 0 Å². The molecule has 0 saturated carbocycles. The minimum atomic E-state index is -1.05. The van der Waals surface area contributed by atoms with Gasteiger partial charge in [0.15, 0.2) is 0 Å². The van der Waals surface area contributed by atoms with Crippen molar-refractivity contribution in [2.75, 3.05) is 0 Å². The summed E-state index contributed by atoms with van der Waals surface area (Å²) >= 11 is 0. The average Bonchev–Trinajstić information content (AvgIpc) is 2.98. The molecule has 0 aliphatic rings. The van der Waals surface area contributed by atoms with Gasteiger partial charge < -0.3 is 9.52 Å². The van der Waals surface area contributed by atoms with Gasteiger partial charge in [-0.2, -0.15) is 0 Å². The van der Waals surface area contributed by atoms with Gasteiger partial charge in [0, 0.05) is 12.4 Å². The second kappa shape index (κ2) is 4.88. The molecule has 1 N–H and O–H groups in total. The predicted octanol–water partition coefficient (Wildman–Crippen LogP) is 1.89. The summed E-state index contributed by atoms with van der Waals surface area (Å²) in [6.45, 7) is 0. The van der Waals surface area contributed by atoms with Crippen molar-refractivity contribution in [3.8, 4) is 22.9 Å². The zero-order chi connectivity index (χ0) is 13.9. The molecule has 3 rings (SSSR count). The summed E-state index contributed by atoms with van der Waals surface area (Å²) in [5.41, 5.74) is 1.04. The number of aromatic nitrogens is 4. The van der Waals surface area contributed by atoms with E-state index in [9.17, 15) is 4.79 Å². The lowest BCUT2D eigenvalue weighted by atomic mass is 10.1. The van der Waals surface area contributed by atoms with E-state index < -0.39 is 5.97 Å². The van der Waals surface area contributed by atoms with Crippen molar-refractivity contribution in [1.29, 1.82) is 0 Å². The average molecular weight is 268 g/mol. The Hall–Kier alpha value is -3.09. The molecule has 0 aliphatic carbocycles. The number of carbonyl (C=O) groups is 1. The molecular formula is C13H8N4O3. The van der Waals surface area contributed by atoms with Crippen LogP contribution in [0.4, 0.5) is 0 Å². The molecule has 2 heterocycles. The maximum absolute atomic E-state index is 11.2. The van der Waals surface area contributed by atoms with Crippen LogP contribution in [0.3, 0.4) is 0 Å². The minimum absolute atomic E-state index is 0.104. The van der Waals surface area contributed by atoms with Crippen molar-refractivity contribution in [1.82, 2.24) is 20.2 Å². The molecule has 20 heavy (non-hydrogen) atoms. The van der Waals surface area contributed by atoms with Gasteiger partial charge in [0.25, 0.3) is 5.89 Å². The third-order valence-corrected chi connectivity index (χ3v) is 2.62. The third-order valence-electron chi connectivity index (χ3n) is 2.62. The Morgan fingerprint density at radius 1 is 1.05 bits per heavy atom. The highest BCUT2D eigenvalue weighted by atomic mass is 16.4. The van der Waals surface area contributed by atoms with E-state index >= 15 is 0 Å². The van der Waals surface area contributed by atoms with Gasteiger partial charge in [0.05, 0.1) is 16.7 Å². The summed E-state index contributed by atoms with van der Waals surface area (Å²) in [6, 6.07) is 6.43. The van der Waals surface area contributed by atoms with E-state index in [0.29, 0.717) is 11.1 Å². The maximum atomic E-state index is 11.2. The number of nitrogens with zero attached hydrogens (tertiary/aromatic N) is 4. The Balaban J connectivity index is 2.05. The molecule has 0 unspecified atom stereocenters. The van der Waals surface area contributed by atoms with Gasteiger partial charge in [-0.1, -0.05) is 12.1 Å². The van der Waals surface area contributed by atoms with Gasteiger partial charge in [-0.15, -0.1) is 10.2 Å². The summed E-state index contributed by atoms with van der Waals surface area (Å²) in [5, 5.41) is 16.9. The van der Waals surface area contributed by atoms with Crippen LogP contribution in [0.25, 0.3) is 22.9 Å². The zero-order valence-corrected chi connectivity index (χ0v) is 10.1. The van der Waals surface area contributed by atoms with Crippen molar-refractivity contribution >= 4 is 5.97 Å². The Bertz CT molecular complexity index is 755. The number of benzene rings is 1. The van der Waals surface area contributed by atoms with Crippen LogP contribution >= 0.6 is 0 Å². The first-order chi connectivity index (χ1) is 9.75. The molecule has 0 atom stereocenters. The van der Waals surface area contributed by atoms with Gasteiger partial charge in [0.2, 0.25) is 5.89 Å². The van der Waals surface area contributed by atoms with Crippen molar-refractivity contribution in [2.24, 2.45) is 0 Å². The molecule has 7 heteroatoms. The number of hydrogen-bond acceptors (Lipinski definition) is 6. The van der Waals surface area contributed by atoms with E-state index in [4.69, 9.17) is 9.52 Å². The molecule has 0 fully saturated rings. The standard InChI is InChI=1S/C13H8N4O3/c18-13(19)10-4-2-1-3-9(10)12-17-16-11(20-12)8-5-14-7-15-6-8/h1-7H,(H,18,19). The van der Waals surface area contributed by atoms with E-state index in [1.807, 2.05) is 0 Å². The lowest BCUT2D eigenvalue weighted by Gasteiger charge is -2.00. The molecule has 0 bridgehead atoms. The highest BCUT2D eigenvalue weighted by molar-refractivity contribution is 5.94. The molecule has 98 valence electrons. The Kier molecular flexibility index (Phi) is 2.92. The molecule has 1 aromatic carbocycles. The number of rotatable bonds is 3. The Morgan fingerprint density at radius 2 is 1.75 bits per heavy atom. The van der Waals surface area contributed by atoms with Crippen molar-refractivity contribution in [2.45, 2.75) is 0 Å². The fourth-order valence-electron chi connectivity index (χ4n) is 1.71. The Morgan fingerprint density at radius 3 is 2.50 bits per heavy atom. The van der Waals surface area contributed by atoms with Gasteiger partial charge in [-0.05, 0) is 12.1 Å². The van der Waals surface area contributed by atoms with Gasteiger partial charge in [0.1, 0.15) is 6.33 Å². The van der Waals surface area contributed by atoms with Crippen LogP contribution in [0.5, 0.6) is 0 Å². The molecule has 0 aliphatic heterocycles. The highest BCUT2D eigenvalue weighted by Gasteiger charge is 2.17. The quantitative estimate of drug-likeness (QED) is 0.773. The molecule has 0 spiro atoms. The fraction of sp³-hybridized carbons (Fsp3) is 0. The maximum Gasteiger partial charge on any atom is 0.336 e. The molecule has 2 aromatic heterocycles. The van der Waals surface area contributed by atoms with E-state index in [1.165, 1.54) is 24.8 Å². The van der Waals surface area contributed by atoms with Crippen LogP contribution in [0.15, 0.2) is 47.4 Å². The summed E-state index contributed by atoms with van der Waals surface area (Å²) in [6.07, 6.45) is 4.46. The number of aromatic carboxylic acids is 1. The first-order valence-corrected chi connectivity index (χ1v) is 5.67. The van der Waals surface area contributed by atoms with Crippen LogP contribution in [0.2, 0.25) is 0 Å². The highest BCUT2D eigenvalue weighted by Crippen LogP contribution is 2.25. The fourth-order valence-corrected chi connectivity index (χ4v) is 1.71. The predicted molar refractivity (Wildman–Crippen MR) is 67.7 cm³/mol. The first kappa shape index (κ1) is 12.0. The molecule has 7 nitrogen and oxygen atoms in total. The normalized spacial score (nSPS) is 10.4. The van der Waals surface area contributed by atoms with Gasteiger partial charge in [-0.25, -0.2) is 14.8 Å². The third kappa shape index (κ3) is 2.12. The Labute approximate surface area is 113 Å². The van der Waals surface area contributed by atoms with E-state index in [0.717, 1.165) is 0 Å². The summed E-state index contributed by atoms with van der Waals surface area (Å²) < 4.78 is 5.48. The van der Waals surface area contributed by atoms with Crippen LogP contribution < -0.4 is 0 Å². The van der Waals surface area contributed by atoms with Gasteiger partial charge >= 0.3 is 5.97 Å². The van der Waals surface area contributed by atoms with Crippen LogP contribution in [-0.4, -0.2) is 31.2 Å². The molecule has 0 radical (unpaired) electrons. The van der Waals surface area contributed by atoms with Crippen LogP contribution in [0.1, 0.15) is 10.4 Å². The molecule has 3 aromatic rings. The SMILES string of the molecule is O=C(O)c1ccccc1-c1nnc(-c2cncnc2)o1. The summed E-state index contributed by atoms with van der Waals surface area (Å²) in [5.74, 6) is -0.675. The topological polar surface area (TPSA) is 102 Å². The summed E-state index contributed by atoms with van der Waals surface area (Å²) in [7, 11) is 0. The van der Waals surface area contributed by atoms with Crippen molar-refractivity contribution in [3.05, 3.63) is 48.5 Å². The summed E-state index contributed by atoms with van der Waals surface area (Å²) in [4.78, 5) is 18.9. The smallest absolute Gasteiger partial charge is 0.336 e. The monoisotopic (exact) mass is 268 g/mol. The largest absolute Gasteiger partial charge is 0.478 e.